The van der Waals surface area contributed by atoms with Gasteiger partial charge in [-0.3, -0.25) is 0 Å². The minimum absolute atomic E-state index is 0.665. The van der Waals surface area contributed by atoms with E-state index in [1.165, 1.54) is 28.8 Å². The van der Waals surface area contributed by atoms with Crippen LogP contribution in [0.4, 0.5) is 5.13 Å². The maximum atomic E-state index is 5.77. The predicted octanol–water partition coefficient (Wildman–Crippen LogP) is 3.58. The highest BCUT2D eigenvalue weighted by Crippen LogP contribution is 2.45. The van der Waals surface area contributed by atoms with Gasteiger partial charge in [-0.25, -0.2) is 4.98 Å². The van der Waals surface area contributed by atoms with Gasteiger partial charge in [0.25, 0.3) is 0 Å². The summed E-state index contributed by atoms with van der Waals surface area (Å²) in [5, 5.41) is 0.665. The number of benzene rings is 1. The van der Waals surface area contributed by atoms with Crippen LogP contribution < -0.4 is 5.73 Å². The van der Waals surface area contributed by atoms with E-state index in [9.17, 15) is 0 Å². The van der Waals surface area contributed by atoms with Crippen molar-refractivity contribution < 1.29 is 0 Å². The van der Waals surface area contributed by atoms with Gasteiger partial charge in [0.2, 0.25) is 0 Å². The quantitative estimate of drug-likeness (QED) is 0.856. The summed E-state index contributed by atoms with van der Waals surface area (Å²) in [6.45, 7) is 2.09. The standard InChI is InChI=1S/C13H14N2S/c1-8-12(15-13(14)16-8)11-5-3-2-4-10(11)9-6-7-9/h2-5,9H,6-7H2,1H3,(H2,14,15). The van der Waals surface area contributed by atoms with Crippen molar-refractivity contribution in [2.75, 3.05) is 5.73 Å². The zero-order valence-electron chi connectivity index (χ0n) is 9.23. The summed E-state index contributed by atoms with van der Waals surface area (Å²) < 4.78 is 0. The van der Waals surface area contributed by atoms with Crippen molar-refractivity contribution in [2.24, 2.45) is 0 Å². The van der Waals surface area contributed by atoms with Gasteiger partial charge >= 0.3 is 0 Å². The van der Waals surface area contributed by atoms with Crippen LogP contribution >= 0.6 is 11.3 Å². The van der Waals surface area contributed by atoms with Crippen molar-refractivity contribution in [1.82, 2.24) is 4.98 Å². The molecule has 0 saturated heterocycles. The Balaban J connectivity index is 2.15. The number of rotatable bonds is 2. The van der Waals surface area contributed by atoms with Gasteiger partial charge in [0.05, 0.1) is 5.69 Å². The number of anilines is 1. The molecule has 0 spiro atoms. The summed E-state index contributed by atoms with van der Waals surface area (Å²) in [4.78, 5) is 5.66. The van der Waals surface area contributed by atoms with Crippen LogP contribution in [0.15, 0.2) is 24.3 Å². The van der Waals surface area contributed by atoms with Crippen LogP contribution in [0.2, 0.25) is 0 Å². The summed E-state index contributed by atoms with van der Waals surface area (Å²) in [6, 6.07) is 8.58. The van der Waals surface area contributed by atoms with E-state index in [2.05, 4.69) is 36.2 Å². The van der Waals surface area contributed by atoms with Gasteiger partial charge in [0.15, 0.2) is 5.13 Å². The van der Waals surface area contributed by atoms with Crippen LogP contribution in [-0.4, -0.2) is 4.98 Å². The predicted molar refractivity (Wildman–Crippen MR) is 68.7 cm³/mol. The third kappa shape index (κ3) is 1.61. The third-order valence-corrected chi connectivity index (χ3v) is 3.85. The number of thiazole rings is 1. The molecule has 1 aliphatic carbocycles. The molecule has 0 aliphatic heterocycles. The average Bonchev–Trinajstić information content (AvgIpc) is 3.05. The van der Waals surface area contributed by atoms with E-state index in [0.29, 0.717) is 5.13 Å². The molecule has 1 heterocycles. The van der Waals surface area contributed by atoms with Crippen molar-refractivity contribution in [3.63, 3.8) is 0 Å². The van der Waals surface area contributed by atoms with Crippen molar-refractivity contribution in [3.05, 3.63) is 34.7 Å². The molecule has 1 saturated carbocycles. The lowest BCUT2D eigenvalue weighted by Gasteiger charge is -2.06. The van der Waals surface area contributed by atoms with Gasteiger partial charge in [-0.15, -0.1) is 11.3 Å². The molecule has 0 atom stereocenters. The normalized spacial score (nSPS) is 15.3. The first-order valence-electron chi connectivity index (χ1n) is 5.58. The zero-order chi connectivity index (χ0) is 11.1. The van der Waals surface area contributed by atoms with Crippen LogP contribution in [0, 0.1) is 6.92 Å². The maximum absolute atomic E-state index is 5.77. The van der Waals surface area contributed by atoms with E-state index in [-0.39, 0.29) is 0 Å². The molecule has 0 amide bonds. The highest BCUT2D eigenvalue weighted by molar-refractivity contribution is 7.15. The molecule has 1 fully saturated rings. The van der Waals surface area contributed by atoms with Crippen LogP contribution in [0.3, 0.4) is 0 Å². The number of aromatic nitrogens is 1. The number of hydrogen-bond acceptors (Lipinski definition) is 3. The third-order valence-electron chi connectivity index (χ3n) is 3.05. The number of aryl methyl sites for hydroxylation is 1. The Bertz CT molecular complexity index is 526. The molecular weight excluding hydrogens is 216 g/mol. The Morgan fingerprint density at radius 1 is 1.31 bits per heavy atom. The lowest BCUT2D eigenvalue weighted by Crippen LogP contribution is -1.89. The molecule has 1 aromatic heterocycles. The fourth-order valence-corrected chi connectivity index (χ4v) is 2.83. The van der Waals surface area contributed by atoms with Crippen molar-refractivity contribution in [3.8, 4) is 11.3 Å². The fourth-order valence-electron chi connectivity index (χ4n) is 2.13. The Labute approximate surface area is 99.1 Å². The van der Waals surface area contributed by atoms with E-state index in [1.807, 2.05) is 0 Å². The molecule has 16 heavy (non-hydrogen) atoms. The molecule has 2 N–H and O–H groups in total. The summed E-state index contributed by atoms with van der Waals surface area (Å²) >= 11 is 1.57. The van der Waals surface area contributed by atoms with Gasteiger partial charge in [0, 0.05) is 10.4 Å². The monoisotopic (exact) mass is 230 g/mol. The van der Waals surface area contributed by atoms with E-state index in [4.69, 9.17) is 5.73 Å². The summed E-state index contributed by atoms with van der Waals surface area (Å²) in [7, 11) is 0. The zero-order valence-corrected chi connectivity index (χ0v) is 10.1. The Kier molecular flexibility index (Phi) is 2.21. The lowest BCUT2D eigenvalue weighted by molar-refractivity contribution is 1.13. The first-order valence-corrected chi connectivity index (χ1v) is 6.39. The molecule has 0 unspecified atom stereocenters. The van der Waals surface area contributed by atoms with E-state index >= 15 is 0 Å². The molecule has 0 bridgehead atoms. The van der Waals surface area contributed by atoms with Crippen molar-refractivity contribution in [1.29, 1.82) is 0 Å². The van der Waals surface area contributed by atoms with Crippen molar-refractivity contribution >= 4 is 16.5 Å². The molecule has 2 aromatic rings. The summed E-state index contributed by atoms with van der Waals surface area (Å²) in [5.41, 5.74) is 9.55. The SMILES string of the molecule is Cc1sc(N)nc1-c1ccccc1C1CC1. The van der Waals surface area contributed by atoms with Crippen LogP contribution in [0.25, 0.3) is 11.3 Å². The van der Waals surface area contributed by atoms with E-state index in [1.54, 1.807) is 11.3 Å². The molecule has 3 rings (SSSR count). The second-order valence-corrected chi connectivity index (χ2v) is 5.55. The first kappa shape index (κ1) is 9.85. The lowest BCUT2D eigenvalue weighted by atomic mass is 10.0. The molecule has 82 valence electrons. The fraction of sp³-hybridized carbons (Fsp3) is 0.308. The molecule has 1 aliphatic rings. The topological polar surface area (TPSA) is 38.9 Å². The highest BCUT2D eigenvalue weighted by atomic mass is 32.1. The van der Waals surface area contributed by atoms with Crippen molar-refractivity contribution in [2.45, 2.75) is 25.7 Å². The first-order chi connectivity index (χ1) is 7.75. The van der Waals surface area contributed by atoms with E-state index < -0.39 is 0 Å². The smallest absolute Gasteiger partial charge is 0.180 e. The van der Waals surface area contributed by atoms with Gasteiger partial charge in [-0.2, -0.15) is 0 Å². The highest BCUT2D eigenvalue weighted by Gasteiger charge is 2.27. The summed E-state index contributed by atoms with van der Waals surface area (Å²) in [6.07, 6.45) is 2.63. The molecule has 3 heteroatoms. The Morgan fingerprint density at radius 3 is 2.69 bits per heavy atom. The molecular formula is C13H14N2S. The van der Waals surface area contributed by atoms with Crippen LogP contribution in [-0.2, 0) is 0 Å². The van der Waals surface area contributed by atoms with Gasteiger partial charge in [0.1, 0.15) is 0 Å². The van der Waals surface area contributed by atoms with Crippen LogP contribution in [0.5, 0.6) is 0 Å². The van der Waals surface area contributed by atoms with Gasteiger partial charge in [-0.05, 0) is 31.2 Å². The molecule has 2 nitrogen and oxygen atoms in total. The maximum Gasteiger partial charge on any atom is 0.180 e. The minimum atomic E-state index is 0.665. The Morgan fingerprint density at radius 2 is 2.06 bits per heavy atom. The van der Waals surface area contributed by atoms with Crippen LogP contribution in [0.1, 0.15) is 29.2 Å². The Hall–Kier alpha value is -1.35. The second kappa shape index (κ2) is 3.59. The van der Waals surface area contributed by atoms with E-state index in [0.717, 1.165) is 11.6 Å². The van der Waals surface area contributed by atoms with Gasteiger partial charge < -0.3 is 5.73 Å². The average molecular weight is 230 g/mol. The summed E-state index contributed by atoms with van der Waals surface area (Å²) in [5.74, 6) is 0.749. The number of hydrogen-bond donors (Lipinski definition) is 1. The second-order valence-electron chi connectivity index (χ2n) is 4.32. The molecule has 1 aromatic carbocycles. The number of nitrogens with two attached hydrogens (primary N) is 1. The number of nitrogens with zero attached hydrogens (tertiary/aromatic N) is 1. The molecule has 0 radical (unpaired) electrons. The number of nitrogen functional groups attached to an aromatic ring is 1. The minimum Gasteiger partial charge on any atom is -0.375 e. The largest absolute Gasteiger partial charge is 0.375 e. The van der Waals surface area contributed by atoms with Gasteiger partial charge in [-0.1, -0.05) is 24.3 Å².